The second kappa shape index (κ2) is 6.05. The van der Waals surface area contributed by atoms with E-state index in [0.29, 0.717) is 0 Å². The zero-order valence-corrected chi connectivity index (χ0v) is 11.3. The van der Waals surface area contributed by atoms with Crippen molar-refractivity contribution >= 4 is 23.1 Å². The molecule has 2 rings (SSSR count). The average Bonchev–Trinajstić information content (AvgIpc) is 2.73. The normalized spacial score (nSPS) is 17.1. The van der Waals surface area contributed by atoms with Gasteiger partial charge in [-0.15, -0.1) is 11.3 Å². The van der Waals surface area contributed by atoms with Crippen LogP contribution >= 0.6 is 23.1 Å². The molecule has 0 amide bonds. The van der Waals surface area contributed by atoms with Crippen molar-refractivity contribution < 1.29 is 4.74 Å². The first kappa shape index (κ1) is 12.4. The molecule has 1 atom stereocenters. The first-order chi connectivity index (χ1) is 7.81. The molecule has 0 saturated carbocycles. The van der Waals surface area contributed by atoms with Crippen molar-refractivity contribution in [1.29, 1.82) is 0 Å². The van der Waals surface area contributed by atoms with Gasteiger partial charge in [0.1, 0.15) is 0 Å². The van der Waals surface area contributed by atoms with E-state index in [0.717, 1.165) is 19.4 Å². The van der Waals surface area contributed by atoms with Crippen LogP contribution in [-0.4, -0.2) is 19.5 Å². The van der Waals surface area contributed by atoms with Gasteiger partial charge in [-0.05, 0) is 36.6 Å². The number of aryl methyl sites for hydroxylation is 1. The summed E-state index contributed by atoms with van der Waals surface area (Å²) in [5, 5.41) is 0. The highest BCUT2D eigenvalue weighted by Gasteiger charge is 2.16. The van der Waals surface area contributed by atoms with E-state index in [2.05, 4.69) is 6.07 Å². The van der Waals surface area contributed by atoms with E-state index in [4.69, 9.17) is 10.5 Å². The maximum atomic E-state index is 6.20. The van der Waals surface area contributed by atoms with Gasteiger partial charge in [-0.1, -0.05) is 0 Å². The molecule has 0 saturated heterocycles. The van der Waals surface area contributed by atoms with E-state index in [1.54, 1.807) is 12.0 Å². The lowest BCUT2D eigenvalue weighted by atomic mass is 10.1. The topological polar surface area (TPSA) is 35.2 Å². The highest BCUT2D eigenvalue weighted by molar-refractivity contribution is 7.98. The number of fused-ring (bicyclic) bond motifs is 1. The zero-order valence-electron chi connectivity index (χ0n) is 9.70. The molecule has 0 spiro atoms. The van der Waals surface area contributed by atoms with E-state index >= 15 is 0 Å². The fraction of sp³-hybridized carbons (Fsp3) is 0.667. The molecule has 1 aromatic rings. The molecule has 16 heavy (non-hydrogen) atoms. The summed E-state index contributed by atoms with van der Waals surface area (Å²) in [4.78, 5) is 2.93. The molecule has 0 bridgehead atoms. The van der Waals surface area contributed by atoms with Crippen LogP contribution in [0.2, 0.25) is 0 Å². The van der Waals surface area contributed by atoms with Crippen LogP contribution in [0.4, 0.5) is 0 Å². The Labute approximate surface area is 106 Å². The molecule has 0 radical (unpaired) electrons. The number of ether oxygens (including phenoxy) is 1. The Balaban J connectivity index is 1.95. The maximum absolute atomic E-state index is 6.20. The predicted molar refractivity (Wildman–Crippen MR) is 72.2 cm³/mol. The molecule has 2 N–H and O–H groups in total. The van der Waals surface area contributed by atoms with Gasteiger partial charge in [-0.3, -0.25) is 0 Å². The van der Waals surface area contributed by atoms with Gasteiger partial charge in [0.2, 0.25) is 0 Å². The predicted octanol–water partition coefficient (Wildman–Crippen LogP) is 2.96. The minimum Gasteiger partial charge on any atom is -0.385 e. The van der Waals surface area contributed by atoms with Gasteiger partial charge in [-0.25, -0.2) is 0 Å². The average molecular weight is 257 g/mol. The van der Waals surface area contributed by atoms with E-state index in [1.807, 2.05) is 23.1 Å². The number of thioether (sulfide) groups is 1. The first-order valence-electron chi connectivity index (χ1n) is 5.75. The van der Waals surface area contributed by atoms with Gasteiger partial charge >= 0.3 is 0 Å². The van der Waals surface area contributed by atoms with Crippen molar-refractivity contribution in [2.75, 3.05) is 19.5 Å². The summed E-state index contributed by atoms with van der Waals surface area (Å²) in [6.45, 7) is 0.814. The molecule has 1 aliphatic rings. The van der Waals surface area contributed by atoms with Crippen LogP contribution in [0.15, 0.2) is 6.07 Å². The second-order valence-corrected chi connectivity index (χ2v) is 6.41. The molecule has 0 fully saturated rings. The van der Waals surface area contributed by atoms with Crippen LogP contribution in [-0.2, 0) is 16.9 Å². The molecule has 0 aromatic carbocycles. The molecule has 2 heterocycles. The molecule has 90 valence electrons. The van der Waals surface area contributed by atoms with Gasteiger partial charge in [0, 0.05) is 35.3 Å². The van der Waals surface area contributed by atoms with E-state index in [1.165, 1.54) is 28.4 Å². The van der Waals surface area contributed by atoms with Crippen LogP contribution in [0.25, 0.3) is 0 Å². The third-order valence-electron chi connectivity index (χ3n) is 2.88. The van der Waals surface area contributed by atoms with Gasteiger partial charge < -0.3 is 10.5 Å². The number of hydrogen-bond acceptors (Lipinski definition) is 4. The molecule has 4 heteroatoms. The van der Waals surface area contributed by atoms with Gasteiger partial charge in [0.25, 0.3) is 0 Å². The Morgan fingerprint density at radius 2 is 2.44 bits per heavy atom. The minimum absolute atomic E-state index is 0.204. The van der Waals surface area contributed by atoms with Crippen molar-refractivity contribution in [3.05, 3.63) is 21.4 Å². The van der Waals surface area contributed by atoms with E-state index < -0.39 is 0 Å². The Kier molecular flexibility index (Phi) is 4.70. The number of hydrogen-bond donors (Lipinski definition) is 1. The Hall–Kier alpha value is -0.0300. The van der Waals surface area contributed by atoms with Gasteiger partial charge in [-0.2, -0.15) is 11.8 Å². The Morgan fingerprint density at radius 1 is 1.56 bits per heavy atom. The fourth-order valence-electron chi connectivity index (χ4n) is 1.94. The van der Waals surface area contributed by atoms with Crippen molar-refractivity contribution in [3.63, 3.8) is 0 Å². The van der Waals surface area contributed by atoms with Crippen LogP contribution in [0.1, 0.15) is 34.2 Å². The van der Waals surface area contributed by atoms with E-state index in [-0.39, 0.29) is 6.04 Å². The third-order valence-corrected chi connectivity index (χ3v) is 5.25. The molecular formula is C12H19NOS2. The quantitative estimate of drug-likeness (QED) is 0.824. The van der Waals surface area contributed by atoms with Gasteiger partial charge in [0.05, 0.1) is 0 Å². The zero-order chi connectivity index (χ0) is 11.4. The summed E-state index contributed by atoms with van der Waals surface area (Å²) in [6.07, 6.45) is 3.31. The number of nitrogens with two attached hydrogens (primary N) is 1. The SMILES string of the molecule is COCCCC(N)c1cc2c(s1)CCSC2. The van der Waals surface area contributed by atoms with Crippen molar-refractivity contribution in [2.45, 2.75) is 31.1 Å². The lowest BCUT2D eigenvalue weighted by Gasteiger charge is -2.08. The lowest BCUT2D eigenvalue weighted by Crippen LogP contribution is -2.09. The first-order valence-corrected chi connectivity index (χ1v) is 7.72. The summed E-state index contributed by atoms with van der Waals surface area (Å²) >= 11 is 3.95. The van der Waals surface area contributed by atoms with Crippen LogP contribution in [0.5, 0.6) is 0 Å². The van der Waals surface area contributed by atoms with E-state index in [9.17, 15) is 0 Å². The summed E-state index contributed by atoms with van der Waals surface area (Å²) in [7, 11) is 1.74. The molecule has 1 aromatic heterocycles. The van der Waals surface area contributed by atoms with Crippen LogP contribution in [0.3, 0.4) is 0 Å². The minimum atomic E-state index is 0.204. The summed E-state index contributed by atoms with van der Waals surface area (Å²) in [5.41, 5.74) is 7.72. The summed E-state index contributed by atoms with van der Waals surface area (Å²) < 4.78 is 5.05. The van der Waals surface area contributed by atoms with Crippen molar-refractivity contribution in [1.82, 2.24) is 0 Å². The highest BCUT2D eigenvalue weighted by atomic mass is 32.2. The van der Waals surface area contributed by atoms with Gasteiger partial charge in [0.15, 0.2) is 0 Å². The molecule has 0 aliphatic carbocycles. The highest BCUT2D eigenvalue weighted by Crippen LogP contribution is 2.34. The smallest absolute Gasteiger partial charge is 0.0462 e. The number of rotatable bonds is 5. The van der Waals surface area contributed by atoms with Crippen LogP contribution in [0, 0.1) is 0 Å². The summed E-state index contributed by atoms with van der Waals surface area (Å²) in [5.74, 6) is 2.45. The largest absolute Gasteiger partial charge is 0.385 e. The monoisotopic (exact) mass is 257 g/mol. The number of methoxy groups -OCH3 is 1. The number of thiophene rings is 1. The fourth-order valence-corrected chi connectivity index (χ4v) is 4.35. The second-order valence-electron chi connectivity index (χ2n) is 4.14. The Morgan fingerprint density at radius 3 is 3.19 bits per heavy atom. The van der Waals surface area contributed by atoms with Crippen molar-refractivity contribution in [2.24, 2.45) is 5.73 Å². The summed E-state index contributed by atoms with van der Waals surface area (Å²) in [6, 6.07) is 2.53. The lowest BCUT2D eigenvalue weighted by molar-refractivity contribution is 0.190. The third kappa shape index (κ3) is 3.00. The molecule has 1 unspecified atom stereocenters. The standard InChI is InChI=1S/C12H19NOS2/c1-14-5-2-3-10(13)12-7-9-8-15-6-4-11(9)16-12/h7,10H,2-6,8,13H2,1H3. The molecule has 2 nitrogen and oxygen atoms in total. The maximum Gasteiger partial charge on any atom is 0.0462 e. The molecule has 1 aliphatic heterocycles. The Bertz CT molecular complexity index is 314. The molecular weight excluding hydrogens is 238 g/mol. The van der Waals surface area contributed by atoms with Crippen molar-refractivity contribution in [3.8, 4) is 0 Å². The van der Waals surface area contributed by atoms with Crippen LogP contribution < -0.4 is 5.73 Å².